The fourth-order valence-corrected chi connectivity index (χ4v) is 2.60. The first-order chi connectivity index (χ1) is 8.59. The molecule has 3 rings (SSSR count). The maximum atomic E-state index is 12.2. The summed E-state index contributed by atoms with van der Waals surface area (Å²) in [6.45, 7) is 0.138. The van der Waals surface area contributed by atoms with E-state index in [9.17, 15) is 14.7 Å². The third-order valence-corrected chi connectivity index (χ3v) is 3.87. The highest BCUT2D eigenvalue weighted by molar-refractivity contribution is 6.09. The molecule has 1 aliphatic heterocycles. The molecule has 2 amide bonds. The van der Waals surface area contributed by atoms with Gasteiger partial charge < -0.3 is 5.11 Å². The van der Waals surface area contributed by atoms with Crippen LogP contribution in [0.2, 0.25) is 0 Å². The SMILES string of the molecule is O=C1Cc2ccccc2C(=O)N1CC1(O)CCC1. The van der Waals surface area contributed by atoms with Crippen LogP contribution in [0, 0.1) is 0 Å². The summed E-state index contributed by atoms with van der Waals surface area (Å²) in [5, 5.41) is 10.1. The number of carbonyl (C=O) groups excluding carboxylic acids is 2. The Balaban J connectivity index is 1.88. The summed E-state index contributed by atoms with van der Waals surface area (Å²) in [5.74, 6) is -0.485. The summed E-state index contributed by atoms with van der Waals surface area (Å²) in [7, 11) is 0. The molecule has 4 heteroatoms. The van der Waals surface area contributed by atoms with Crippen LogP contribution in [-0.4, -0.2) is 34.0 Å². The summed E-state index contributed by atoms with van der Waals surface area (Å²) in [6, 6.07) is 7.17. The molecule has 1 N–H and O–H groups in total. The molecule has 18 heavy (non-hydrogen) atoms. The average molecular weight is 245 g/mol. The Morgan fingerprint density at radius 1 is 1.22 bits per heavy atom. The molecule has 0 unspecified atom stereocenters. The summed E-state index contributed by atoms with van der Waals surface area (Å²) in [4.78, 5) is 25.4. The van der Waals surface area contributed by atoms with E-state index in [0.29, 0.717) is 18.4 Å². The minimum Gasteiger partial charge on any atom is -0.388 e. The largest absolute Gasteiger partial charge is 0.388 e. The molecule has 4 nitrogen and oxygen atoms in total. The van der Waals surface area contributed by atoms with Gasteiger partial charge in [0.1, 0.15) is 0 Å². The lowest BCUT2D eigenvalue weighted by Crippen LogP contribution is -2.53. The van der Waals surface area contributed by atoms with Crippen molar-refractivity contribution in [1.29, 1.82) is 0 Å². The zero-order valence-electron chi connectivity index (χ0n) is 10.1. The van der Waals surface area contributed by atoms with Crippen LogP contribution in [-0.2, 0) is 11.2 Å². The topological polar surface area (TPSA) is 57.6 Å². The van der Waals surface area contributed by atoms with Gasteiger partial charge in [0.05, 0.1) is 18.6 Å². The first-order valence-electron chi connectivity index (χ1n) is 6.24. The van der Waals surface area contributed by atoms with Gasteiger partial charge in [-0.15, -0.1) is 0 Å². The molecular weight excluding hydrogens is 230 g/mol. The van der Waals surface area contributed by atoms with Crippen LogP contribution in [0.1, 0.15) is 35.2 Å². The van der Waals surface area contributed by atoms with E-state index in [1.807, 2.05) is 6.07 Å². The summed E-state index contributed by atoms with van der Waals surface area (Å²) >= 11 is 0. The average Bonchev–Trinajstić information content (AvgIpc) is 2.32. The van der Waals surface area contributed by atoms with Crippen molar-refractivity contribution in [3.63, 3.8) is 0 Å². The maximum absolute atomic E-state index is 12.2. The minimum atomic E-state index is -0.850. The number of imide groups is 1. The maximum Gasteiger partial charge on any atom is 0.260 e. The van der Waals surface area contributed by atoms with E-state index in [0.717, 1.165) is 12.0 Å². The lowest BCUT2D eigenvalue weighted by molar-refractivity contribution is -0.134. The number of amides is 2. The first-order valence-corrected chi connectivity index (χ1v) is 6.24. The molecule has 1 fully saturated rings. The molecule has 0 saturated heterocycles. The van der Waals surface area contributed by atoms with Crippen LogP contribution in [0.5, 0.6) is 0 Å². The molecule has 1 heterocycles. The summed E-state index contributed by atoms with van der Waals surface area (Å²) in [5.41, 5.74) is 0.516. The standard InChI is InChI=1S/C14H15NO3/c16-12-8-10-4-1-2-5-11(10)13(17)15(12)9-14(18)6-3-7-14/h1-2,4-5,18H,3,6-9H2. The molecule has 0 spiro atoms. The van der Waals surface area contributed by atoms with E-state index < -0.39 is 5.60 Å². The van der Waals surface area contributed by atoms with Gasteiger partial charge in [0, 0.05) is 5.56 Å². The third kappa shape index (κ3) is 1.73. The molecule has 1 saturated carbocycles. The molecule has 0 radical (unpaired) electrons. The van der Waals surface area contributed by atoms with Gasteiger partial charge in [0.15, 0.2) is 0 Å². The lowest BCUT2D eigenvalue weighted by Gasteiger charge is -2.41. The molecule has 94 valence electrons. The van der Waals surface area contributed by atoms with Gasteiger partial charge in [-0.2, -0.15) is 0 Å². The Morgan fingerprint density at radius 3 is 2.61 bits per heavy atom. The molecule has 1 aromatic rings. The molecule has 1 aromatic carbocycles. The second-order valence-electron chi connectivity index (χ2n) is 5.20. The summed E-state index contributed by atoms with van der Waals surface area (Å²) in [6.07, 6.45) is 2.55. The van der Waals surface area contributed by atoms with Crippen LogP contribution in [0.3, 0.4) is 0 Å². The predicted molar refractivity (Wildman–Crippen MR) is 65.0 cm³/mol. The fraction of sp³-hybridized carbons (Fsp3) is 0.429. The van der Waals surface area contributed by atoms with Crippen molar-refractivity contribution < 1.29 is 14.7 Å². The van der Waals surface area contributed by atoms with Crippen LogP contribution < -0.4 is 0 Å². The predicted octanol–water partition coefficient (Wildman–Crippen LogP) is 1.13. The van der Waals surface area contributed by atoms with Crippen molar-refractivity contribution in [3.8, 4) is 0 Å². The van der Waals surface area contributed by atoms with Crippen molar-refractivity contribution in [1.82, 2.24) is 4.90 Å². The number of β-amino-alcohol motifs (C(OH)–C–C–N with tert-alkyl or cyclic N) is 1. The number of hydrogen-bond acceptors (Lipinski definition) is 3. The zero-order chi connectivity index (χ0) is 12.8. The van der Waals surface area contributed by atoms with E-state index >= 15 is 0 Å². The quantitative estimate of drug-likeness (QED) is 0.794. The van der Waals surface area contributed by atoms with Crippen LogP contribution in [0.25, 0.3) is 0 Å². The highest BCUT2D eigenvalue weighted by atomic mass is 16.3. The van der Waals surface area contributed by atoms with Crippen molar-refractivity contribution in [2.45, 2.75) is 31.3 Å². The highest BCUT2D eigenvalue weighted by Gasteiger charge is 2.41. The van der Waals surface area contributed by atoms with Crippen molar-refractivity contribution >= 4 is 11.8 Å². The Labute approximate surface area is 105 Å². The highest BCUT2D eigenvalue weighted by Crippen LogP contribution is 2.33. The van der Waals surface area contributed by atoms with E-state index in [4.69, 9.17) is 0 Å². The second kappa shape index (κ2) is 3.92. The van der Waals surface area contributed by atoms with Gasteiger partial charge in [-0.25, -0.2) is 0 Å². The first kappa shape index (κ1) is 11.4. The van der Waals surface area contributed by atoms with E-state index in [1.54, 1.807) is 18.2 Å². The van der Waals surface area contributed by atoms with E-state index in [1.165, 1.54) is 4.90 Å². The Kier molecular flexibility index (Phi) is 2.48. The van der Waals surface area contributed by atoms with Gasteiger partial charge >= 0.3 is 0 Å². The monoisotopic (exact) mass is 245 g/mol. The molecule has 0 bridgehead atoms. The number of nitrogens with zero attached hydrogens (tertiary/aromatic N) is 1. The molecule has 0 atom stereocenters. The third-order valence-electron chi connectivity index (χ3n) is 3.87. The molecule has 2 aliphatic rings. The number of benzene rings is 1. The van der Waals surface area contributed by atoms with Gasteiger partial charge in [-0.1, -0.05) is 18.2 Å². The number of rotatable bonds is 2. The van der Waals surface area contributed by atoms with E-state index in [-0.39, 0.29) is 24.8 Å². The molecular formula is C14H15NO3. The normalized spacial score (nSPS) is 21.5. The van der Waals surface area contributed by atoms with Gasteiger partial charge in [-0.3, -0.25) is 14.5 Å². The van der Waals surface area contributed by atoms with Crippen LogP contribution in [0.15, 0.2) is 24.3 Å². The lowest BCUT2D eigenvalue weighted by atomic mass is 9.79. The number of hydrogen-bond donors (Lipinski definition) is 1. The number of carbonyl (C=O) groups is 2. The Morgan fingerprint density at radius 2 is 1.94 bits per heavy atom. The van der Waals surface area contributed by atoms with Gasteiger partial charge in [0.2, 0.25) is 5.91 Å². The van der Waals surface area contributed by atoms with Crippen molar-refractivity contribution in [2.24, 2.45) is 0 Å². The van der Waals surface area contributed by atoms with Crippen molar-refractivity contribution in [3.05, 3.63) is 35.4 Å². The minimum absolute atomic E-state index is 0.138. The molecule has 0 aromatic heterocycles. The zero-order valence-corrected chi connectivity index (χ0v) is 10.1. The summed E-state index contributed by atoms with van der Waals surface area (Å²) < 4.78 is 0. The number of fused-ring (bicyclic) bond motifs is 1. The van der Waals surface area contributed by atoms with Gasteiger partial charge in [0.25, 0.3) is 5.91 Å². The van der Waals surface area contributed by atoms with Crippen LogP contribution in [0.4, 0.5) is 0 Å². The molecule has 1 aliphatic carbocycles. The Bertz CT molecular complexity index is 520. The van der Waals surface area contributed by atoms with Crippen LogP contribution >= 0.6 is 0 Å². The smallest absolute Gasteiger partial charge is 0.260 e. The Hall–Kier alpha value is -1.68. The van der Waals surface area contributed by atoms with E-state index in [2.05, 4.69) is 0 Å². The van der Waals surface area contributed by atoms with Gasteiger partial charge in [-0.05, 0) is 30.9 Å². The second-order valence-corrected chi connectivity index (χ2v) is 5.20. The van der Waals surface area contributed by atoms with Crippen molar-refractivity contribution in [2.75, 3.05) is 6.54 Å². The fourth-order valence-electron chi connectivity index (χ4n) is 2.60. The number of aliphatic hydroxyl groups is 1.